The summed E-state index contributed by atoms with van der Waals surface area (Å²) in [5, 5.41) is 7.43. The minimum Gasteiger partial charge on any atom is -0.490 e. The topological polar surface area (TPSA) is 72.0 Å². The summed E-state index contributed by atoms with van der Waals surface area (Å²) in [6, 6.07) is 0. The Morgan fingerprint density at radius 2 is 1.90 bits per heavy atom. The lowest BCUT2D eigenvalue weighted by molar-refractivity contribution is 0.414. The van der Waals surface area contributed by atoms with Crippen LogP contribution in [0.5, 0.6) is 5.75 Å². The van der Waals surface area contributed by atoms with Crippen LogP contribution >= 0.6 is 11.3 Å². The van der Waals surface area contributed by atoms with E-state index in [0.717, 1.165) is 18.0 Å². The largest absolute Gasteiger partial charge is 0.490 e. The first-order valence-corrected chi connectivity index (χ1v) is 7.40. The molecular weight excluding hydrogens is 274 g/mol. The van der Waals surface area contributed by atoms with Gasteiger partial charge in [0.25, 0.3) is 0 Å². The molecule has 0 bridgehead atoms. The summed E-state index contributed by atoms with van der Waals surface area (Å²) in [5.74, 6) is 1.99. The molecule has 0 spiro atoms. The molecule has 108 valence electrons. The maximum absolute atomic E-state index is 5.38. The summed E-state index contributed by atoms with van der Waals surface area (Å²) in [7, 11) is 1.61. The number of nitrogens with zero attached hydrogens (tertiary/aromatic N) is 3. The van der Waals surface area contributed by atoms with Gasteiger partial charge in [0.15, 0.2) is 11.6 Å². The molecule has 2 aromatic rings. The molecule has 0 fully saturated rings. The van der Waals surface area contributed by atoms with Crippen molar-refractivity contribution in [2.75, 3.05) is 24.3 Å². The minimum absolute atomic E-state index is 0.627. The van der Waals surface area contributed by atoms with E-state index in [9.17, 15) is 0 Å². The highest BCUT2D eigenvalue weighted by Gasteiger charge is 2.11. The predicted octanol–water partition coefficient (Wildman–Crippen LogP) is 2.55. The fraction of sp³-hybridized carbons (Fsp3) is 0.462. The molecular formula is C13H19N5OS. The number of nitrogens with one attached hydrogen (secondary N) is 2. The molecule has 0 amide bonds. The van der Waals surface area contributed by atoms with Crippen LogP contribution in [0.1, 0.15) is 23.7 Å². The van der Waals surface area contributed by atoms with E-state index in [1.165, 1.54) is 11.2 Å². The van der Waals surface area contributed by atoms with Crippen LogP contribution in [-0.4, -0.2) is 28.6 Å². The van der Waals surface area contributed by atoms with Crippen LogP contribution in [0.2, 0.25) is 0 Å². The number of hydrogen-bond acceptors (Lipinski definition) is 7. The number of methoxy groups -OCH3 is 1. The Morgan fingerprint density at radius 3 is 2.50 bits per heavy atom. The Labute approximate surface area is 122 Å². The van der Waals surface area contributed by atoms with Gasteiger partial charge < -0.3 is 15.4 Å². The third-order valence-corrected chi connectivity index (χ3v) is 3.85. The van der Waals surface area contributed by atoms with Gasteiger partial charge in [-0.15, -0.1) is 11.3 Å². The van der Waals surface area contributed by atoms with Crippen molar-refractivity contribution in [3.63, 3.8) is 0 Å². The monoisotopic (exact) mass is 293 g/mol. The second kappa shape index (κ2) is 7.04. The molecule has 6 nitrogen and oxygen atoms in total. The third-order valence-electron chi connectivity index (χ3n) is 2.71. The van der Waals surface area contributed by atoms with Crippen LogP contribution in [0, 0.1) is 0 Å². The van der Waals surface area contributed by atoms with E-state index >= 15 is 0 Å². The summed E-state index contributed by atoms with van der Waals surface area (Å²) >= 11 is 1.71. The van der Waals surface area contributed by atoms with Gasteiger partial charge >= 0.3 is 0 Å². The Hall–Kier alpha value is -1.89. The molecule has 2 N–H and O–H groups in total. The zero-order valence-corrected chi connectivity index (χ0v) is 12.8. The molecule has 2 heterocycles. The highest BCUT2D eigenvalue weighted by Crippen LogP contribution is 2.29. The molecule has 0 saturated carbocycles. The first-order valence-electron chi connectivity index (χ1n) is 6.58. The van der Waals surface area contributed by atoms with Gasteiger partial charge in [0, 0.05) is 17.6 Å². The van der Waals surface area contributed by atoms with Crippen molar-refractivity contribution in [2.45, 2.75) is 26.8 Å². The van der Waals surface area contributed by atoms with Gasteiger partial charge in [-0.1, -0.05) is 6.92 Å². The molecule has 0 unspecified atom stereocenters. The highest BCUT2D eigenvalue weighted by molar-refractivity contribution is 7.11. The van der Waals surface area contributed by atoms with Crippen molar-refractivity contribution >= 4 is 23.0 Å². The Bertz CT molecular complexity index is 557. The van der Waals surface area contributed by atoms with Gasteiger partial charge in [-0.3, -0.25) is 0 Å². The van der Waals surface area contributed by atoms with E-state index in [0.29, 0.717) is 23.9 Å². The van der Waals surface area contributed by atoms with Crippen molar-refractivity contribution in [1.82, 2.24) is 15.0 Å². The van der Waals surface area contributed by atoms with E-state index in [2.05, 4.69) is 32.5 Å². The fourth-order valence-corrected chi connectivity index (χ4v) is 2.54. The van der Waals surface area contributed by atoms with Gasteiger partial charge in [0.2, 0.25) is 5.75 Å². The first kappa shape index (κ1) is 14.5. The third kappa shape index (κ3) is 3.36. The summed E-state index contributed by atoms with van der Waals surface area (Å²) in [6.07, 6.45) is 4.45. The van der Waals surface area contributed by atoms with E-state index in [-0.39, 0.29) is 0 Å². The van der Waals surface area contributed by atoms with E-state index in [1.807, 2.05) is 13.1 Å². The van der Waals surface area contributed by atoms with Gasteiger partial charge in [-0.05, 0) is 13.3 Å². The molecule has 2 aromatic heterocycles. The number of thiazole rings is 1. The standard InChI is InChI=1S/C13H19N5OS/c1-4-9-6-15-10(20-9)7-16-13-11(19-3)12(14-5-2)17-8-18-13/h6,8H,4-5,7H2,1-3H3,(H2,14,16,17,18). The summed E-state index contributed by atoms with van der Waals surface area (Å²) in [5.41, 5.74) is 0. The van der Waals surface area contributed by atoms with Crippen molar-refractivity contribution in [3.8, 4) is 5.75 Å². The average Bonchev–Trinajstić information content (AvgIpc) is 2.93. The zero-order chi connectivity index (χ0) is 14.4. The van der Waals surface area contributed by atoms with Gasteiger partial charge in [-0.2, -0.15) is 0 Å². The SMILES string of the molecule is CCNc1ncnc(NCc2ncc(CC)s2)c1OC. The first-order chi connectivity index (χ1) is 9.78. The maximum Gasteiger partial charge on any atom is 0.204 e. The number of ether oxygens (including phenoxy) is 1. The lowest BCUT2D eigenvalue weighted by atomic mass is 10.4. The maximum atomic E-state index is 5.38. The fourth-order valence-electron chi connectivity index (χ4n) is 1.74. The minimum atomic E-state index is 0.627. The average molecular weight is 293 g/mol. The Balaban J connectivity index is 2.10. The lowest BCUT2D eigenvalue weighted by Crippen LogP contribution is -2.08. The van der Waals surface area contributed by atoms with Crippen LogP contribution in [-0.2, 0) is 13.0 Å². The summed E-state index contributed by atoms with van der Waals surface area (Å²) < 4.78 is 5.38. The molecule has 7 heteroatoms. The van der Waals surface area contributed by atoms with Crippen LogP contribution in [0.25, 0.3) is 0 Å². The molecule has 2 rings (SSSR count). The second-order valence-corrected chi connectivity index (χ2v) is 5.26. The Morgan fingerprint density at radius 1 is 1.15 bits per heavy atom. The smallest absolute Gasteiger partial charge is 0.204 e. The van der Waals surface area contributed by atoms with E-state index in [4.69, 9.17) is 4.74 Å². The number of aromatic nitrogens is 3. The number of rotatable bonds is 7. The molecule has 0 radical (unpaired) electrons. The van der Waals surface area contributed by atoms with E-state index < -0.39 is 0 Å². The normalized spacial score (nSPS) is 10.3. The van der Waals surface area contributed by atoms with Crippen LogP contribution < -0.4 is 15.4 Å². The van der Waals surface area contributed by atoms with Crippen molar-refractivity contribution in [1.29, 1.82) is 0 Å². The number of anilines is 2. The zero-order valence-electron chi connectivity index (χ0n) is 11.9. The quantitative estimate of drug-likeness (QED) is 0.817. The van der Waals surface area contributed by atoms with Crippen LogP contribution in [0.15, 0.2) is 12.5 Å². The van der Waals surface area contributed by atoms with Gasteiger partial charge in [0.1, 0.15) is 11.3 Å². The van der Waals surface area contributed by atoms with Crippen molar-refractivity contribution in [2.24, 2.45) is 0 Å². The molecule has 0 saturated heterocycles. The molecule has 0 aromatic carbocycles. The van der Waals surface area contributed by atoms with Crippen LogP contribution in [0.4, 0.5) is 11.6 Å². The summed E-state index contributed by atoms with van der Waals surface area (Å²) in [6.45, 7) is 5.54. The summed E-state index contributed by atoms with van der Waals surface area (Å²) in [4.78, 5) is 14.1. The second-order valence-electron chi connectivity index (χ2n) is 4.06. The van der Waals surface area contributed by atoms with Crippen LogP contribution in [0.3, 0.4) is 0 Å². The Kier molecular flexibility index (Phi) is 5.11. The van der Waals surface area contributed by atoms with Crippen molar-refractivity contribution in [3.05, 3.63) is 22.4 Å². The van der Waals surface area contributed by atoms with E-state index in [1.54, 1.807) is 18.4 Å². The molecule has 0 aliphatic carbocycles. The number of hydrogen-bond donors (Lipinski definition) is 2. The highest BCUT2D eigenvalue weighted by atomic mass is 32.1. The van der Waals surface area contributed by atoms with Gasteiger partial charge in [0.05, 0.1) is 13.7 Å². The number of aryl methyl sites for hydroxylation is 1. The molecule has 0 aliphatic heterocycles. The lowest BCUT2D eigenvalue weighted by Gasteiger charge is -2.12. The van der Waals surface area contributed by atoms with Crippen molar-refractivity contribution < 1.29 is 4.74 Å². The predicted molar refractivity (Wildman–Crippen MR) is 81.6 cm³/mol. The van der Waals surface area contributed by atoms with Gasteiger partial charge in [-0.25, -0.2) is 15.0 Å². The molecule has 20 heavy (non-hydrogen) atoms. The molecule has 0 aliphatic rings. The molecule has 0 atom stereocenters.